The van der Waals surface area contributed by atoms with Crippen molar-refractivity contribution in [1.29, 1.82) is 0 Å². The predicted octanol–water partition coefficient (Wildman–Crippen LogP) is 6.71. The Balaban J connectivity index is 2.12. The van der Waals surface area contributed by atoms with Crippen molar-refractivity contribution >= 4 is 0 Å². The molecule has 2 nitrogen and oxygen atoms in total. The van der Waals surface area contributed by atoms with Crippen LogP contribution in [0.3, 0.4) is 0 Å². The van der Waals surface area contributed by atoms with Gasteiger partial charge in [-0.3, -0.25) is 0 Å². The van der Waals surface area contributed by atoms with Gasteiger partial charge in [0.15, 0.2) is 0 Å². The van der Waals surface area contributed by atoms with Crippen molar-refractivity contribution in [3.05, 3.63) is 23.8 Å². The number of alkyl halides is 3. The van der Waals surface area contributed by atoms with Gasteiger partial charge >= 0.3 is 6.18 Å². The van der Waals surface area contributed by atoms with Crippen LogP contribution in [0.25, 0.3) is 0 Å². The fourth-order valence-electron chi connectivity index (χ4n) is 2.61. The van der Waals surface area contributed by atoms with E-state index in [0.717, 1.165) is 25.3 Å². The maximum atomic E-state index is 12.6. The smallest absolute Gasteiger partial charge is 0.416 e. The third-order valence-electron chi connectivity index (χ3n) is 3.99. The SMILES string of the molecule is CCCCCCCCCCCCOc1cc(O)cc(C(F)(F)F)c1. The van der Waals surface area contributed by atoms with Crippen LogP contribution in [0, 0.1) is 0 Å². The zero-order valence-corrected chi connectivity index (χ0v) is 14.5. The van der Waals surface area contributed by atoms with E-state index in [1.54, 1.807) is 0 Å². The van der Waals surface area contributed by atoms with E-state index < -0.39 is 17.5 Å². The monoisotopic (exact) mass is 346 g/mol. The number of aromatic hydroxyl groups is 1. The molecule has 0 aromatic heterocycles. The van der Waals surface area contributed by atoms with Crippen LogP contribution in [0.15, 0.2) is 18.2 Å². The normalized spacial score (nSPS) is 11.7. The topological polar surface area (TPSA) is 29.5 Å². The van der Waals surface area contributed by atoms with Gasteiger partial charge in [0.05, 0.1) is 12.2 Å². The van der Waals surface area contributed by atoms with Gasteiger partial charge in [0, 0.05) is 6.07 Å². The molecule has 0 atom stereocenters. The summed E-state index contributed by atoms with van der Waals surface area (Å²) >= 11 is 0. The lowest BCUT2D eigenvalue weighted by molar-refractivity contribution is -0.137. The number of rotatable bonds is 12. The standard InChI is InChI=1S/C19H29F3O2/c1-2-3-4-5-6-7-8-9-10-11-12-24-18-14-16(19(20,21)22)13-17(23)15-18/h13-15,23H,2-12H2,1H3. The van der Waals surface area contributed by atoms with Crippen molar-refractivity contribution in [3.63, 3.8) is 0 Å². The van der Waals surface area contributed by atoms with Crippen LogP contribution in [0.5, 0.6) is 11.5 Å². The van der Waals surface area contributed by atoms with Crippen LogP contribution in [0.2, 0.25) is 0 Å². The summed E-state index contributed by atoms with van der Waals surface area (Å²) in [5.74, 6) is -0.360. The van der Waals surface area contributed by atoms with Crippen molar-refractivity contribution in [1.82, 2.24) is 0 Å². The average Bonchev–Trinajstić information content (AvgIpc) is 2.51. The van der Waals surface area contributed by atoms with E-state index in [4.69, 9.17) is 4.74 Å². The molecule has 1 N–H and O–H groups in total. The molecule has 0 fully saturated rings. The molecule has 1 aromatic rings. The van der Waals surface area contributed by atoms with Crippen LogP contribution >= 0.6 is 0 Å². The quantitative estimate of drug-likeness (QED) is 0.426. The maximum Gasteiger partial charge on any atom is 0.416 e. The first kappa shape index (κ1) is 20.7. The minimum atomic E-state index is -4.48. The molecule has 0 aliphatic carbocycles. The Bertz CT molecular complexity index is 458. The molecule has 0 bridgehead atoms. The molecule has 0 saturated heterocycles. The summed E-state index contributed by atoms with van der Waals surface area (Å²) in [4.78, 5) is 0. The number of hydrogen-bond acceptors (Lipinski definition) is 2. The van der Waals surface area contributed by atoms with E-state index in [1.807, 2.05) is 0 Å². The number of benzene rings is 1. The van der Waals surface area contributed by atoms with Gasteiger partial charge in [-0.15, -0.1) is 0 Å². The summed E-state index contributed by atoms with van der Waals surface area (Å²) in [5, 5.41) is 9.35. The Kier molecular flexibility index (Phi) is 9.65. The lowest BCUT2D eigenvalue weighted by atomic mass is 10.1. The van der Waals surface area contributed by atoms with Crippen LogP contribution in [0.4, 0.5) is 13.2 Å². The molecule has 0 spiro atoms. The first-order valence-corrected chi connectivity index (χ1v) is 8.97. The Morgan fingerprint density at radius 1 is 0.833 bits per heavy atom. The minimum Gasteiger partial charge on any atom is -0.508 e. The summed E-state index contributed by atoms with van der Waals surface area (Å²) in [5.41, 5.74) is -0.888. The van der Waals surface area contributed by atoms with Gasteiger partial charge in [-0.05, 0) is 18.6 Å². The van der Waals surface area contributed by atoms with E-state index in [1.165, 1.54) is 51.0 Å². The summed E-state index contributed by atoms with van der Waals surface area (Å²) in [6.07, 6.45) is 7.46. The molecule has 0 amide bonds. The van der Waals surface area contributed by atoms with Crippen molar-refractivity contribution in [2.24, 2.45) is 0 Å². The first-order chi connectivity index (χ1) is 11.4. The van der Waals surface area contributed by atoms with E-state index in [0.29, 0.717) is 12.7 Å². The van der Waals surface area contributed by atoms with Gasteiger partial charge in [-0.1, -0.05) is 64.7 Å². The van der Waals surface area contributed by atoms with Crippen LogP contribution in [-0.4, -0.2) is 11.7 Å². The van der Waals surface area contributed by atoms with Gasteiger partial charge in [-0.25, -0.2) is 0 Å². The fourth-order valence-corrected chi connectivity index (χ4v) is 2.61. The summed E-state index contributed by atoms with van der Waals surface area (Å²) in [7, 11) is 0. The van der Waals surface area contributed by atoms with Gasteiger partial charge in [0.25, 0.3) is 0 Å². The molecule has 24 heavy (non-hydrogen) atoms. The van der Waals surface area contributed by atoms with Gasteiger partial charge in [0.2, 0.25) is 0 Å². The number of phenolic OH excluding ortho intramolecular Hbond substituents is 1. The predicted molar refractivity (Wildman–Crippen MR) is 90.4 cm³/mol. The molecule has 5 heteroatoms. The maximum absolute atomic E-state index is 12.6. The summed E-state index contributed by atoms with van der Waals surface area (Å²) in [6.45, 7) is 2.58. The molecule has 1 aromatic carbocycles. The van der Waals surface area contributed by atoms with E-state index in [9.17, 15) is 18.3 Å². The van der Waals surface area contributed by atoms with Crippen molar-refractivity contribution in [2.75, 3.05) is 6.61 Å². The Morgan fingerprint density at radius 3 is 1.92 bits per heavy atom. The molecule has 0 saturated carbocycles. The van der Waals surface area contributed by atoms with E-state index in [-0.39, 0.29) is 5.75 Å². The number of halogens is 3. The highest BCUT2D eigenvalue weighted by atomic mass is 19.4. The zero-order chi connectivity index (χ0) is 17.8. The second-order valence-corrected chi connectivity index (χ2v) is 6.24. The number of unbranched alkanes of at least 4 members (excludes halogenated alkanes) is 9. The minimum absolute atomic E-state index is 0.0678. The highest BCUT2D eigenvalue weighted by Gasteiger charge is 2.31. The second-order valence-electron chi connectivity index (χ2n) is 6.24. The van der Waals surface area contributed by atoms with Crippen molar-refractivity contribution < 1.29 is 23.0 Å². The number of ether oxygens (including phenoxy) is 1. The number of phenols is 1. The van der Waals surface area contributed by atoms with E-state index >= 15 is 0 Å². The molecule has 0 heterocycles. The van der Waals surface area contributed by atoms with Crippen molar-refractivity contribution in [3.8, 4) is 11.5 Å². The molecular formula is C19H29F3O2. The Hall–Kier alpha value is -1.39. The fraction of sp³-hybridized carbons (Fsp3) is 0.684. The van der Waals surface area contributed by atoms with Crippen LogP contribution < -0.4 is 4.74 Å². The van der Waals surface area contributed by atoms with Gasteiger partial charge in [0.1, 0.15) is 11.5 Å². The van der Waals surface area contributed by atoms with Crippen LogP contribution in [-0.2, 0) is 6.18 Å². The molecule has 138 valence electrons. The largest absolute Gasteiger partial charge is 0.508 e. The molecule has 1 rings (SSSR count). The molecule has 0 radical (unpaired) electrons. The number of hydrogen-bond donors (Lipinski definition) is 1. The van der Waals surface area contributed by atoms with Crippen LogP contribution in [0.1, 0.15) is 76.7 Å². The first-order valence-electron chi connectivity index (χ1n) is 8.97. The summed E-state index contributed by atoms with van der Waals surface area (Å²) < 4.78 is 43.3. The van der Waals surface area contributed by atoms with Gasteiger partial charge < -0.3 is 9.84 Å². The molecular weight excluding hydrogens is 317 g/mol. The highest BCUT2D eigenvalue weighted by molar-refractivity contribution is 5.38. The Morgan fingerprint density at radius 2 is 1.38 bits per heavy atom. The average molecular weight is 346 g/mol. The van der Waals surface area contributed by atoms with Gasteiger partial charge in [-0.2, -0.15) is 13.2 Å². The third kappa shape index (κ3) is 9.04. The second kappa shape index (κ2) is 11.2. The molecule has 0 aliphatic heterocycles. The third-order valence-corrected chi connectivity index (χ3v) is 3.99. The van der Waals surface area contributed by atoms with E-state index in [2.05, 4.69) is 6.92 Å². The highest BCUT2D eigenvalue weighted by Crippen LogP contribution is 2.34. The van der Waals surface area contributed by atoms with Crippen molar-refractivity contribution in [2.45, 2.75) is 77.3 Å². The molecule has 0 aliphatic rings. The molecule has 0 unspecified atom stereocenters. The lowest BCUT2D eigenvalue weighted by Crippen LogP contribution is -2.05. The summed E-state index contributed by atoms with van der Waals surface area (Å²) in [6, 6.07) is 2.84. The lowest BCUT2D eigenvalue weighted by Gasteiger charge is -2.11. The zero-order valence-electron chi connectivity index (χ0n) is 14.5. The Labute approximate surface area is 143 Å².